The van der Waals surface area contributed by atoms with Gasteiger partial charge in [-0.25, -0.2) is 0 Å². The Hall–Kier alpha value is -1.02. The molecule has 0 amide bonds. The van der Waals surface area contributed by atoms with Gasteiger partial charge in [0.2, 0.25) is 0 Å². The van der Waals surface area contributed by atoms with Gasteiger partial charge in [-0.2, -0.15) is 0 Å². The van der Waals surface area contributed by atoms with Crippen molar-refractivity contribution >= 4 is 5.69 Å². The normalized spacial score (nSPS) is 8.95. The summed E-state index contributed by atoms with van der Waals surface area (Å²) in [5, 5.41) is 0. The average Bonchev–Trinajstić information content (AvgIpc) is 2.47. The van der Waals surface area contributed by atoms with Crippen LogP contribution in [0.5, 0.6) is 0 Å². The molecule has 0 unspecified atom stereocenters. The minimum Gasteiger partial charge on any atom is -0.388 e. The van der Waals surface area contributed by atoms with Gasteiger partial charge in [-0.1, -0.05) is 51.8 Å². The predicted molar refractivity (Wildman–Crippen MR) is 92.9 cm³/mol. The largest absolute Gasteiger partial charge is 0.388 e. The molecule has 0 aromatic heterocycles. The van der Waals surface area contributed by atoms with Crippen LogP contribution in [-0.2, 0) is 4.74 Å². The van der Waals surface area contributed by atoms with Crippen LogP contribution in [0, 0.1) is 6.92 Å². The van der Waals surface area contributed by atoms with Gasteiger partial charge in [-0.15, -0.1) is 0 Å². The van der Waals surface area contributed by atoms with Crippen molar-refractivity contribution in [2.24, 2.45) is 0 Å². The van der Waals surface area contributed by atoms with Crippen molar-refractivity contribution in [1.82, 2.24) is 0 Å². The molecule has 0 aliphatic carbocycles. The number of hydrogen-bond acceptors (Lipinski definition) is 2. The molecule has 0 saturated carbocycles. The van der Waals surface area contributed by atoms with E-state index in [2.05, 4.69) is 54.7 Å². The van der Waals surface area contributed by atoms with Gasteiger partial charge < -0.3 is 9.64 Å². The second kappa shape index (κ2) is 16.0. The van der Waals surface area contributed by atoms with E-state index in [0.717, 1.165) is 0 Å². The van der Waals surface area contributed by atoms with Crippen LogP contribution < -0.4 is 4.90 Å². The summed E-state index contributed by atoms with van der Waals surface area (Å²) >= 11 is 0. The van der Waals surface area contributed by atoms with E-state index in [9.17, 15) is 0 Å². The number of ether oxygens (including phenoxy) is 1. The summed E-state index contributed by atoms with van der Waals surface area (Å²) in [6.45, 7) is 13.0. The van der Waals surface area contributed by atoms with Crippen molar-refractivity contribution < 1.29 is 4.74 Å². The van der Waals surface area contributed by atoms with E-state index < -0.39 is 0 Å². The van der Waals surface area contributed by atoms with Gasteiger partial charge in [0.1, 0.15) is 0 Å². The number of unbranched alkanes of at least 4 members (excludes halogenated alkanes) is 1. The van der Waals surface area contributed by atoms with Crippen LogP contribution >= 0.6 is 0 Å². The van der Waals surface area contributed by atoms with Crippen molar-refractivity contribution in [2.75, 3.05) is 32.2 Å². The van der Waals surface area contributed by atoms with Crippen molar-refractivity contribution in [3.05, 3.63) is 29.8 Å². The molecule has 0 aliphatic heterocycles. The molecule has 0 saturated heterocycles. The van der Waals surface area contributed by atoms with Crippen molar-refractivity contribution in [1.29, 1.82) is 0 Å². The molecule has 0 N–H and O–H groups in total. The Morgan fingerprint density at radius 3 is 1.80 bits per heavy atom. The zero-order valence-electron chi connectivity index (χ0n) is 14.7. The number of anilines is 1. The Labute approximate surface area is 127 Å². The van der Waals surface area contributed by atoms with Gasteiger partial charge >= 0.3 is 0 Å². The fourth-order valence-electron chi connectivity index (χ4n) is 1.74. The summed E-state index contributed by atoms with van der Waals surface area (Å²) in [4.78, 5) is 2.49. The number of methoxy groups -OCH3 is 1. The number of nitrogens with zero attached hydrogens (tertiary/aromatic N) is 1. The topological polar surface area (TPSA) is 12.5 Å². The van der Waals surface area contributed by atoms with Crippen LogP contribution in [0.4, 0.5) is 5.69 Å². The first-order chi connectivity index (χ1) is 9.69. The predicted octanol–water partition coefficient (Wildman–Crippen LogP) is 5.30. The highest BCUT2D eigenvalue weighted by Crippen LogP contribution is 2.16. The lowest BCUT2D eigenvalue weighted by Gasteiger charge is -2.24. The molecule has 1 aromatic carbocycles. The van der Waals surface area contributed by atoms with Gasteiger partial charge in [-0.3, -0.25) is 0 Å². The Balaban J connectivity index is 0. The number of benzene rings is 1. The standard InChI is InChI=1S/C14H23N.C2H6O.C2H6/c1-4-6-12-15(11-5-2)14-9-7-13(3)8-10-14;1-3-2;1-2/h7-10H,4-6,11-12H2,1-3H3;1-2H3;1-2H3. The molecule has 20 heavy (non-hydrogen) atoms. The molecule has 0 aliphatic rings. The maximum absolute atomic E-state index is 4.25. The first-order valence-corrected chi connectivity index (χ1v) is 7.91. The summed E-state index contributed by atoms with van der Waals surface area (Å²) < 4.78 is 4.25. The van der Waals surface area contributed by atoms with Crippen LogP contribution in [0.15, 0.2) is 24.3 Å². The molecule has 0 bridgehead atoms. The molecule has 0 atom stereocenters. The lowest BCUT2D eigenvalue weighted by molar-refractivity contribution is 0.277. The third kappa shape index (κ3) is 10.9. The first kappa shape index (κ1) is 21.3. The van der Waals surface area contributed by atoms with Gasteiger partial charge in [0.25, 0.3) is 0 Å². The summed E-state index contributed by atoms with van der Waals surface area (Å²) in [6.07, 6.45) is 3.78. The second-order valence-electron chi connectivity index (χ2n) is 4.58. The number of hydrogen-bond donors (Lipinski definition) is 0. The number of aryl methyl sites for hydroxylation is 1. The molecule has 2 heteroatoms. The monoisotopic (exact) mass is 281 g/mol. The Morgan fingerprint density at radius 1 is 0.900 bits per heavy atom. The van der Waals surface area contributed by atoms with Crippen LogP contribution in [0.25, 0.3) is 0 Å². The SMILES string of the molecule is CC.CCCCN(CCC)c1ccc(C)cc1.COC. The maximum atomic E-state index is 4.25. The third-order valence-electron chi connectivity index (χ3n) is 2.67. The Kier molecular flexibility index (Phi) is 17.1. The summed E-state index contributed by atoms with van der Waals surface area (Å²) in [5.74, 6) is 0. The molecule has 1 aromatic rings. The zero-order chi connectivity index (χ0) is 15.8. The third-order valence-corrected chi connectivity index (χ3v) is 2.67. The van der Waals surface area contributed by atoms with Crippen LogP contribution in [0.2, 0.25) is 0 Å². The molecule has 2 nitrogen and oxygen atoms in total. The number of rotatable bonds is 6. The van der Waals surface area contributed by atoms with E-state index in [1.54, 1.807) is 14.2 Å². The van der Waals surface area contributed by atoms with E-state index in [4.69, 9.17) is 0 Å². The van der Waals surface area contributed by atoms with E-state index in [1.165, 1.54) is 43.6 Å². The summed E-state index contributed by atoms with van der Waals surface area (Å²) in [5.41, 5.74) is 2.71. The van der Waals surface area contributed by atoms with Crippen molar-refractivity contribution in [3.8, 4) is 0 Å². The Morgan fingerprint density at radius 2 is 1.40 bits per heavy atom. The van der Waals surface area contributed by atoms with Crippen molar-refractivity contribution in [3.63, 3.8) is 0 Å². The zero-order valence-corrected chi connectivity index (χ0v) is 14.7. The average molecular weight is 281 g/mol. The molecule has 0 spiro atoms. The minimum atomic E-state index is 1.17. The summed E-state index contributed by atoms with van der Waals surface area (Å²) in [7, 11) is 3.25. The highest BCUT2D eigenvalue weighted by atomic mass is 16.4. The highest BCUT2D eigenvalue weighted by Gasteiger charge is 2.03. The Bertz CT molecular complexity index is 282. The molecule has 0 fully saturated rings. The molecule has 0 radical (unpaired) electrons. The lowest BCUT2D eigenvalue weighted by atomic mass is 10.2. The van der Waals surface area contributed by atoms with Crippen LogP contribution in [0.1, 0.15) is 52.5 Å². The minimum absolute atomic E-state index is 1.17. The first-order valence-electron chi connectivity index (χ1n) is 7.91. The molecule has 118 valence electrons. The van der Waals surface area contributed by atoms with Gasteiger partial charge in [0.15, 0.2) is 0 Å². The smallest absolute Gasteiger partial charge is 0.0366 e. The van der Waals surface area contributed by atoms with Crippen LogP contribution in [-0.4, -0.2) is 27.3 Å². The van der Waals surface area contributed by atoms with Gasteiger partial charge in [-0.05, 0) is 31.9 Å². The maximum Gasteiger partial charge on any atom is 0.0366 e. The van der Waals surface area contributed by atoms with E-state index in [0.29, 0.717) is 0 Å². The molecular formula is C18H35NO. The van der Waals surface area contributed by atoms with Gasteiger partial charge in [0, 0.05) is 33.0 Å². The van der Waals surface area contributed by atoms with E-state index in [1.807, 2.05) is 13.8 Å². The second-order valence-corrected chi connectivity index (χ2v) is 4.58. The van der Waals surface area contributed by atoms with Crippen LogP contribution in [0.3, 0.4) is 0 Å². The summed E-state index contributed by atoms with van der Waals surface area (Å²) in [6, 6.07) is 8.87. The van der Waals surface area contributed by atoms with Crippen molar-refractivity contribution in [2.45, 2.75) is 53.9 Å². The van der Waals surface area contributed by atoms with E-state index >= 15 is 0 Å². The molecular weight excluding hydrogens is 246 g/mol. The fraction of sp³-hybridized carbons (Fsp3) is 0.667. The quantitative estimate of drug-likeness (QED) is 0.701. The molecule has 1 rings (SSSR count). The van der Waals surface area contributed by atoms with E-state index in [-0.39, 0.29) is 0 Å². The highest BCUT2D eigenvalue weighted by molar-refractivity contribution is 5.47. The lowest BCUT2D eigenvalue weighted by Crippen LogP contribution is -2.25. The van der Waals surface area contributed by atoms with Gasteiger partial charge in [0.05, 0.1) is 0 Å². The fourth-order valence-corrected chi connectivity index (χ4v) is 1.74. The molecule has 0 heterocycles.